The van der Waals surface area contributed by atoms with E-state index in [1.165, 1.54) is 0 Å². The Morgan fingerprint density at radius 2 is 2.31 bits per heavy atom. The number of aromatic carboxylic acids is 1. The summed E-state index contributed by atoms with van der Waals surface area (Å²) in [6.45, 7) is 2.78. The number of hydrogen-bond donors (Lipinski definition) is 2. The first-order chi connectivity index (χ1) is 7.67. The summed E-state index contributed by atoms with van der Waals surface area (Å²) in [5.41, 5.74) is 5.49. The molecule has 1 unspecified atom stereocenters. The normalized spacial score (nSPS) is 12.6. The number of nitrogens with two attached hydrogens (primary N) is 1. The molecule has 16 heavy (non-hydrogen) atoms. The van der Waals surface area contributed by atoms with E-state index in [0.717, 1.165) is 19.3 Å². The van der Waals surface area contributed by atoms with Crippen molar-refractivity contribution in [1.82, 2.24) is 10.1 Å². The highest BCUT2D eigenvalue weighted by Gasteiger charge is 2.14. The summed E-state index contributed by atoms with van der Waals surface area (Å²) in [5, 5.41) is 12.0. The third kappa shape index (κ3) is 3.62. The van der Waals surface area contributed by atoms with Crippen molar-refractivity contribution in [1.29, 1.82) is 0 Å². The maximum absolute atomic E-state index is 10.5. The molecule has 1 atom stereocenters. The minimum Gasteiger partial charge on any atom is -0.475 e. The maximum atomic E-state index is 10.5. The first-order valence-electron chi connectivity index (χ1n) is 5.43. The van der Waals surface area contributed by atoms with E-state index in [1.54, 1.807) is 0 Å². The molecular formula is C10H17N3O3. The number of carboxylic acid groups (broad SMARTS) is 1. The Balaban J connectivity index is 2.44. The molecule has 0 aliphatic carbocycles. The predicted molar refractivity (Wildman–Crippen MR) is 57.0 cm³/mol. The standard InChI is InChI=1S/C10H17N3O3/c1-2-7(5-6-11)3-4-8-12-9(10(14)15)13-16-8/h7H,2-6,11H2,1H3,(H,14,15). The number of hydrogen-bond acceptors (Lipinski definition) is 5. The summed E-state index contributed by atoms with van der Waals surface area (Å²) in [6.07, 6.45) is 3.53. The zero-order valence-corrected chi connectivity index (χ0v) is 9.35. The molecule has 1 aromatic rings. The lowest BCUT2D eigenvalue weighted by Crippen LogP contribution is -2.09. The third-order valence-corrected chi connectivity index (χ3v) is 2.58. The Morgan fingerprint density at radius 3 is 2.81 bits per heavy atom. The molecule has 0 aliphatic heterocycles. The molecule has 0 aromatic carbocycles. The van der Waals surface area contributed by atoms with E-state index >= 15 is 0 Å². The summed E-state index contributed by atoms with van der Waals surface area (Å²) in [7, 11) is 0. The molecular weight excluding hydrogens is 210 g/mol. The number of carbonyl (C=O) groups is 1. The fourth-order valence-corrected chi connectivity index (χ4v) is 1.56. The highest BCUT2D eigenvalue weighted by atomic mass is 16.5. The van der Waals surface area contributed by atoms with E-state index in [0.29, 0.717) is 24.8 Å². The topological polar surface area (TPSA) is 102 Å². The van der Waals surface area contributed by atoms with Crippen molar-refractivity contribution in [3.05, 3.63) is 11.7 Å². The average molecular weight is 227 g/mol. The zero-order valence-electron chi connectivity index (χ0n) is 9.35. The molecule has 0 amide bonds. The molecule has 0 spiro atoms. The Hall–Kier alpha value is -1.43. The van der Waals surface area contributed by atoms with Crippen LogP contribution >= 0.6 is 0 Å². The van der Waals surface area contributed by atoms with Crippen LogP contribution in [0.1, 0.15) is 42.7 Å². The minimum absolute atomic E-state index is 0.276. The van der Waals surface area contributed by atoms with Crippen molar-refractivity contribution >= 4 is 5.97 Å². The quantitative estimate of drug-likeness (QED) is 0.722. The van der Waals surface area contributed by atoms with E-state index in [9.17, 15) is 4.79 Å². The summed E-state index contributed by atoms with van der Waals surface area (Å²) >= 11 is 0. The van der Waals surface area contributed by atoms with Crippen LogP contribution in [0.5, 0.6) is 0 Å². The zero-order chi connectivity index (χ0) is 12.0. The van der Waals surface area contributed by atoms with Crippen LogP contribution in [0.3, 0.4) is 0 Å². The van der Waals surface area contributed by atoms with Gasteiger partial charge in [-0.3, -0.25) is 0 Å². The van der Waals surface area contributed by atoms with Crippen molar-refractivity contribution in [3.63, 3.8) is 0 Å². The van der Waals surface area contributed by atoms with Gasteiger partial charge in [0.05, 0.1) is 0 Å². The first kappa shape index (κ1) is 12.6. The third-order valence-electron chi connectivity index (χ3n) is 2.58. The molecule has 6 nitrogen and oxygen atoms in total. The van der Waals surface area contributed by atoms with Crippen LogP contribution in [0.4, 0.5) is 0 Å². The minimum atomic E-state index is -1.16. The van der Waals surface area contributed by atoms with Gasteiger partial charge in [-0.15, -0.1) is 0 Å². The van der Waals surface area contributed by atoms with Crippen LogP contribution in [-0.2, 0) is 6.42 Å². The fraction of sp³-hybridized carbons (Fsp3) is 0.700. The molecule has 0 bridgehead atoms. The van der Waals surface area contributed by atoms with Gasteiger partial charge >= 0.3 is 5.97 Å². The van der Waals surface area contributed by atoms with E-state index in [4.69, 9.17) is 15.4 Å². The Bertz CT molecular complexity index is 338. The lowest BCUT2D eigenvalue weighted by atomic mass is 9.97. The maximum Gasteiger partial charge on any atom is 0.377 e. The van der Waals surface area contributed by atoms with Crippen molar-refractivity contribution in [2.75, 3.05) is 6.54 Å². The lowest BCUT2D eigenvalue weighted by Gasteiger charge is -2.11. The Kier molecular flexibility index (Phi) is 4.91. The molecule has 0 radical (unpaired) electrons. The van der Waals surface area contributed by atoms with Gasteiger partial charge in [-0.05, 0) is 30.5 Å². The van der Waals surface area contributed by atoms with Crippen LogP contribution in [0.15, 0.2) is 4.52 Å². The lowest BCUT2D eigenvalue weighted by molar-refractivity contribution is 0.0680. The van der Waals surface area contributed by atoms with Gasteiger partial charge in [0.15, 0.2) is 0 Å². The second-order valence-corrected chi connectivity index (χ2v) is 3.71. The van der Waals surface area contributed by atoms with Gasteiger partial charge in [0.25, 0.3) is 5.82 Å². The van der Waals surface area contributed by atoms with Gasteiger partial charge in [0, 0.05) is 6.42 Å². The Labute approximate surface area is 93.8 Å². The smallest absolute Gasteiger partial charge is 0.377 e. The van der Waals surface area contributed by atoms with E-state index in [1.807, 2.05) is 0 Å². The number of carboxylic acids is 1. The van der Waals surface area contributed by atoms with Crippen LogP contribution in [0, 0.1) is 5.92 Å². The van der Waals surface area contributed by atoms with Gasteiger partial charge in [-0.1, -0.05) is 13.3 Å². The van der Waals surface area contributed by atoms with Crippen molar-refractivity contribution in [2.24, 2.45) is 11.7 Å². The molecule has 1 heterocycles. The van der Waals surface area contributed by atoms with Gasteiger partial charge in [-0.25, -0.2) is 4.79 Å². The molecule has 0 saturated heterocycles. The monoisotopic (exact) mass is 227 g/mol. The predicted octanol–water partition coefficient (Wildman–Crippen LogP) is 1.08. The fourth-order valence-electron chi connectivity index (χ4n) is 1.56. The molecule has 6 heteroatoms. The van der Waals surface area contributed by atoms with Gasteiger partial charge in [0.1, 0.15) is 0 Å². The molecule has 0 fully saturated rings. The van der Waals surface area contributed by atoms with Crippen LogP contribution in [0.2, 0.25) is 0 Å². The number of nitrogens with zero attached hydrogens (tertiary/aromatic N) is 2. The van der Waals surface area contributed by atoms with Crippen LogP contribution in [0.25, 0.3) is 0 Å². The van der Waals surface area contributed by atoms with Crippen molar-refractivity contribution in [2.45, 2.75) is 32.6 Å². The van der Waals surface area contributed by atoms with Crippen molar-refractivity contribution in [3.8, 4) is 0 Å². The second kappa shape index (κ2) is 6.22. The average Bonchev–Trinajstić information content (AvgIpc) is 2.73. The molecule has 0 aliphatic rings. The second-order valence-electron chi connectivity index (χ2n) is 3.71. The van der Waals surface area contributed by atoms with Gasteiger partial charge in [0.2, 0.25) is 5.89 Å². The highest BCUT2D eigenvalue weighted by Crippen LogP contribution is 2.15. The van der Waals surface area contributed by atoms with E-state index in [-0.39, 0.29) is 5.82 Å². The first-order valence-corrected chi connectivity index (χ1v) is 5.43. The number of rotatable bonds is 7. The summed E-state index contributed by atoms with van der Waals surface area (Å²) in [5.74, 6) is -0.524. The van der Waals surface area contributed by atoms with Crippen molar-refractivity contribution < 1.29 is 14.4 Å². The van der Waals surface area contributed by atoms with E-state index in [2.05, 4.69) is 17.1 Å². The molecule has 1 rings (SSSR count). The van der Waals surface area contributed by atoms with Gasteiger partial charge in [-0.2, -0.15) is 4.98 Å². The number of aryl methyl sites for hydroxylation is 1. The highest BCUT2D eigenvalue weighted by molar-refractivity contribution is 5.82. The Morgan fingerprint density at radius 1 is 1.56 bits per heavy atom. The summed E-state index contributed by atoms with van der Waals surface area (Å²) < 4.78 is 4.83. The van der Waals surface area contributed by atoms with Crippen LogP contribution < -0.4 is 5.73 Å². The summed E-state index contributed by atoms with van der Waals surface area (Å²) in [6, 6.07) is 0. The molecule has 3 N–H and O–H groups in total. The largest absolute Gasteiger partial charge is 0.475 e. The molecule has 1 aromatic heterocycles. The van der Waals surface area contributed by atoms with Gasteiger partial charge < -0.3 is 15.4 Å². The molecule has 0 saturated carbocycles. The van der Waals surface area contributed by atoms with E-state index < -0.39 is 5.97 Å². The summed E-state index contributed by atoms with van der Waals surface area (Å²) in [4.78, 5) is 14.3. The molecule has 90 valence electrons. The SMILES string of the molecule is CCC(CCN)CCc1nc(C(=O)O)no1. The number of aromatic nitrogens is 2. The van der Waals surface area contributed by atoms with Crippen LogP contribution in [-0.4, -0.2) is 27.8 Å².